The second-order valence-electron chi connectivity index (χ2n) is 7.46. The summed E-state index contributed by atoms with van der Waals surface area (Å²) in [4.78, 5) is 5.36. The van der Waals surface area contributed by atoms with E-state index < -0.39 is 0 Å². The highest BCUT2D eigenvalue weighted by molar-refractivity contribution is 4.80. The Morgan fingerprint density at radius 3 is 2.16 bits per heavy atom. The molecule has 2 heterocycles. The summed E-state index contributed by atoms with van der Waals surface area (Å²) in [6, 6.07) is 0.742. The zero-order valence-electron chi connectivity index (χ0n) is 13.6. The van der Waals surface area contributed by atoms with Gasteiger partial charge in [-0.2, -0.15) is 0 Å². The lowest BCUT2D eigenvalue weighted by atomic mass is 9.92. The molecule has 1 unspecified atom stereocenters. The average Bonchev–Trinajstić information content (AvgIpc) is 2.86. The van der Waals surface area contributed by atoms with Gasteiger partial charge in [0, 0.05) is 12.6 Å². The van der Waals surface area contributed by atoms with Crippen LogP contribution in [0.25, 0.3) is 0 Å². The molecule has 2 heteroatoms. The predicted molar refractivity (Wildman–Crippen MR) is 83.4 cm³/mol. The summed E-state index contributed by atoms with van der Waals surface area (Å²) in [6.45, 7) is 16.2. The van der Waals surface area contributed by atoms with Crippen molar-refractivity contribution in [2.75, 3.05) is 32.7 Å². The maximum absolute atomic E-state index is 2.72. The fourth-order valence-corrected chi connectivity index (χ4v) is 3.73. The molecular weight excluding hydrogens is 232 g/mol. The van der Waals surface area contributed by atoms with Crippen LogP contribution >= 0.6 is 0 Å². The zero-order chi connectivity index (χ0) is 13.8. The molecule has 0 N–H and O–H groups in total. The third-order valence-electron chi connectivity index (χ3n) is 5.48. The van der Waals surface area contributed by atoms with Crippen LogP contribution in [0.15, 0.2) is 0 Å². The fraction of sp³-hybridized carbons (Fsp3) is 1.00. The first-order valence-corrected chi connectivity index (χ1v) is 8.52. The minimum atomic E-state index is 0.742. The van der Waals surface area contributed by atoms with Gasteiger partial charge >= 0.3 is 0 Å². The topological polar surface area (TPSA) is 6.48 Å². The number of likely N-dealkylation sites (tertiary alicyclic amines) is 2. The van der Waals surface area contributed by atoms with Crippen molar-refractivity contribution >= 4 is 0 Å². The van der Waals surface area contributed by atoms with Gasteiger partial charge in [-0.3, -0.25) is 0 Å². The first kappa shape index (κ1) is 15.3. The van der Waals surface area contributed by atoms with Crippen molar-refractivity contribution < 1.29 is 0 Å². The number of nitrogens with zero attached hydrogens (tertiary/aromatic N) is 2. The van der Waals surface area contributed by atoms with Gasteiger partial charge in [0.25, 0.3) is 0 Å². The molecule has 0 bridgehead atoms. The quantitative estimate of drug-likeness (QED) is 0.752. The lowest BCUT2D eigenvalue weighted by Gasteiger charge is -2.35. The zero-order valence-corrected chi connectivity index (χ0v) is 13.6. The van der Waals surface area contributed by atoms with Crippen LogP contribution in [0.1, 0.15) is 53.4 Å². The molecule has 112 valence electrons. The normalized spacial score (nSPS) is 27.8. The lowest BCUT2D eigenvalue weighted by Crippen LogP contribution is -2.39. The van der Waals surface area contributed by atoms with Crippen LogP contribution in [-0.4, -0.2) is 48.6 Å². The van der Waals surface area contributed by atoms with E-state index in [-0.39, 0.29) is 0 Å². The molecule has 2 saturated heterocycles. The third kappa shape index (κ3) is 4.46. The molecule has 0 aromatic rings. The van der Waals surface area contributed by atoms with Crippen molar-refractivity contribution in [1.82, 2.24) is 9.80 Å². The van der Waals surface area contributed by atoms with Crippen LogP contribution in [0.4, 0.5) is 0 Å². The number of piperidine rings is 1. The van der Waals surface area contributed by atoms with Crippen molar-refractivity contribution in [2.24, 2.45) is 17.8 Å². The van der Waals surface area contributed by atoms with E-state index in [2.05, 4.69) is 37.5 Å². The van der Waals surface area contributed by atoms with Crippen molar-refractivity contribution in [2.45, 2.75) is 59.4 Å². The monoisotopic (exact) mass is 266 g/mol. The largest absolute Gasteiger partial charge is 0.303 e. The van der Waals surface area contributed by atoms with Crippen LogP contribution in [0.5, 0.6) is 0 Å². The molecular formula is C17H34N2. The van der Waals surface area contributed by atoms with Gasteiger partial charge in [0.1, 0.15) is 0 Å². The second-order valence-corrected chi connectivity index (χ2v) is 7.46. The lowest BCUT2D eigenvalue weighted by molar-refractivity contribution is 0.138. The molecule has 0 amide bonds. The summed E-state index contributed by atoms with van der Waals surface area (Å²) in [5.74, 6) is 2.83. The summed E-state index contributed by atoms with van der Waals surface area (Å²) in [5, 5.41) is 0. The van der Waals surface area contributed by atoms with E-state index in [4.69, 9.17) is 0 Å². The van der Waals surface area contributed by atoms with Gasteiger partial charge in [-0.1, -0.05) is 13.8 Å². The van der Waals surface area contributed by atoms with Crippen LogP contribution < -0.4 is 0 Å². The summed E-state index contributed by atoms with van der Waals surface area (Å²) in [6.07, 6.45) is 5.74. The van der Waals surface area contributed by atoms with Gasteiger partial charge in [0.05, 0.1) is 0 Å². The van der Waals surface area contributed by atoms with E-state index in [1.54, 1.807) is 0 Å². The van der Waals surface area contributed by atoms with E-state index in [1.807, 2.05) is 0 Å². The first-order chi connectivity index (χ1) is 9.06. The van der Waals surface area contributed by atoms with E-state index in [1.165, 1.54) is 58.4 Å². The molecule has 2 nitrogen and oxygen atoms in total. The van der Waals surface area contributed by atoms with Crippen molar-refractivity contribution in [1.29, 1.82) is 0 Å². The molecule has 0 saturated carbocycles. The molecule has 0 aromatic heterocycles. The Hall–Kier alpha value is -0.0800. The predicted octanol–water partition coefficient (Wildman–Crippen LogP) is 3.47. The van der Waals surface area contributed by atoms with Crippen molar-refractivity contribution in [3.05, 3.63) is 0 Å². The van der Waals surface area contributed by atoms with Crippen molar-refractivity contribution in [3.63, 3.8) is 0 Å². The van der Waals surface area contributed by atoms with E-state index in [0.29, 0.717) is 0 Å². The summed E-state index contributed by atoms with van der Waals surface area (Å²) in [7, 11) is 0. The van der Waals surface area contributed by atoms with Gasteiger partial charge in [-0.15, -0.1) is 0 Å². The first-order valence-electron chi connectivity index (χ1n) is 8.52. The van der Waals surface area contributed by atoms with Gasteiger partial charge < -0.3 is 9.80 Å². The Balaban J connectivity index is 1.62. The summed E-state index contributed by atoms with van der Waals surface area (Å²) in [5.41, 5.74) is 0. The standard InChI is InChI=1S/C17H34N2/c1-14(2)17-8-10-18(13-17)9-5-16-6-11-19(12-7-16)15(3)4/h14-17H,5-13H2,1-4H3. The van der Waals surface area contributed by atoms with Crippen molar-refractivity contribution in [3.8, 4) is 0 Å². The minimum absolute atomic E-state index is 0.742. The molecule has 1 atom stereocenters. The Bertz CT molecular complexity index is 254. The number of rotatable bonds is 5. The second kappa shape index (κ2) is 7.08. The summed E-state index contributed by atoms with van der Waals surface area (Å²) < 4.78 is 0. The Morgan fingerprint density at radius 2 is 1.63 bits per heavy atom. The molecule has 0 spiro atoms. The molecule has 2 aliphatic heterocycles. The van der Waals surface area contributed by atoms with Crippen LogP contribution in [-0.2, 0) is 0 Å². The Kier molecular flexibility index (Phi) is 5.70. The van der Waals surface area contributed by atoms with Crippen LogP contribution in [0.2, 0.25) is 0 Å². The molecule has 2 fully saturated rings. The van der Waals surface area contributed by atoms with E-state index >= 15 is 0 Å². The van der Waals surface area contributed by atoms with Gasteiger partial charge in [-0.25, -0.2) is 0 Å². The highest BCUT2D eigenvalue weighted by Gasteiger charge is 2.26. The molecule has 2 aliphatic rings. The van der Waals surface area contributed by atoms with Crippen LogP contribution in [0.3, 0.4) is 0 Å². The number of hydrogen-bond donors (Lipinski definition) is 0. The van der Waals surface area contributed by atoms with Gasteiger partial charge in [-0.05, 0) is 83.5 Å². The number of hydrogen-bond acceptors (Lipinski definition) is 2. The van der Waals surface area contributed by atoms with E-state index in [0.717, 1.165) is 23.8 Å². The maximum Gasteiger partial charge on any atom is 0.00385 e. The maximum atomic E-state index is 2.72. The Morgan fingerprint density at radius 1 is 0.947 bits per heavy atom. The molecule has 2 rings (SSSR count). The van der Waals surface area contributed by atoms with Gasteiger partial charge in [0.15, 0.2) is 0 Å². The van der Waals surface area contributed by atoms with E-state index in [9.17, 15) is 0 Å². The molecule has 0 radical (unpaired) electrons. The fourth-order valence-electron chi connectivity index (χ4n) is 3.73. The van der Waals surface area contributed by atoms with Crippen LogP contribution in [0, 0.1) is 17.8 Å². The highest BCUT2D eigenvalue weighted by atomic mass is 15.2. The minimum Gasteiger partial charge on any atom is -0.303 e. The Labute approximate surface area is 120 Å². The third-order valence-corrected chi connectivity index (χ3v) is 5.48. The molecule has 0 aromatic carbocycles. The smallest absolute Gasteiger partial charge is 0.00385 e. The molecule has 0 aliphatic carbocycles. The van der Waals surface area contributed by atoms with Gasteiger partial charge in [0.2, 0.25) is 0 Å². The molecule has 19 heavy (non-hydrogen) atoms. The highest BCUT2D eigenvalue weighted by Crippen LogP contribution is 2.26. The summed E-state index contributed by atoms with van der Waals surface area (Å²) >= 11 is 0. The average molecular weight is 266 g/mol. The SMILES string of the molecule is CC(C)C1CCN(CCC2CCN(C(C)C)CC2)C1.